The van der Waals surface area contributed by atoms with Crippen LogP contribution in [0, 0.1) is 0 Å². The molecule has 0 radical (unpaired) electrons. The SMILES string of the molecule is CN(C)C[C@H]1C[C@@H](O)CN1c1cc(NCc2cccc(CO)n2)ncn1. The van der Waals surface area contributed by atoms with Gasteiger partial charge in [0.25, 0.3) is 0 Å². The number of aliphatic hydroxyl groups is 2. The zero-order valence-electron chi connectivity index (χ0n) is 15.2. The monoisotopic (exact) mass is 358 g/mol. The average molecular weight is 358 g/mol. The molecule has 0 amide bonds. The second kappa shape index (κ2) is 8.39. The molecule has 140 valence electrons. The Bertz CT molecular complexity index is 726. The number of aliphatic hydroxyl groups excluding tert-OH is 2. The van der Waals surface area contributed by atoms with Crippen LogP contribution in [0.1, 0.15) is 17.8 Å². The average Bonchev–Trinajstić information content (AvgIpc) is 3.00. The van der Waals surface area contributed by atoms with Gasteiger partial charge in [-0.15, -0.1) is 0 Å². The van der Waals surface area contributed by atoms with Crippen LogP contribution in [-0.2, 0) is 13.2 Å². The van der Waals surface area contributed by atoms with E-state index in [-0.39, 0.29) is 18.8 Å². The van der Waals surface area contributed by atoms with Crippen LogP contribution in [0.4, 0.5) is 11.6 Å². The summed E-state index contributed by atoms with van der Waals surface area (Å²) in [5, 5.41) is 22.5. The van der Waals surface area contributed by atoms with E-state index in [1.807, 2.05) is 32.3 Å². The van der Waals surface area contributed by atoms with E-state index in [0.717, 1.165) is 24.5 Å². The molecule has 0 aromatic carbocycles. The molecule has 26 heavy (non-hydrogen) atoms. The normalized spacial score (nSPS) is 20.0. The van der Waals surface area contributed by atoms with Gasteiger partial charge in [-0.2, -0.15) is 0 Å². The number of nitrogens with one attached hydrogen (secondary N) is 1. The summed E-state index contributed by atoms with van der Waals surface area (Å²) in [7, 11) is 4.06. The maximum atomic E-state index is 10.1. The van der Waals surface area contributed by atoms with Crippen LogP contribution in [0.15, 0.2) is 30.6 Å². The molecule has 0 unspecified atom stereocenters. The van der Waals surface area contributed by atoms with Gasteiger partial charge in [-0.05, 0) is 32.6 Å². The van der Waals surface area contributed by atoms with Gasteiger partial charge >= 0.3 is 0 Å². The molecule has 3 N–H and O–H groups in total. The van der Waals surface area contributed by atoms with Crippen molar-refractivity contribution in [1.82, 2.24) is 19.9 Å². The molecule has 1 aliphatic heterocycles. The molecule has 3 heterocycles. The number of hydrogen-bond acceptors (Lipinski definition) is 8. The molecule has 8 nitrogen and oxygen atoms in total. The molecule has 2 atom stereocenters. The lowest BCUT2D eigenvalue weighted by Crippen LogP contribution is -2.38. The Morgan fingerprint density at radius 2 is 2.08 bits per heavy atom. The van der Waals surface area contributed by atoms with Crippen molar-refractivity contribution in [3.05, 3.63) is 42.0 Å². The van der Waals surface area contributed by atoms with Crippen molar-refractivity contribution in [3.63, 3.8) is 0 Å². The van der Waals surface area contributed by atoms with Gasteiger partial charge in [-0.3, -0.25) is 4.98 Å². The van der Waals surface area contributed by atoms with Crippen molar-refractivity contribution in [2.24, 2.45) is 0 Å². The molecular formula is C18H26N6O2. The zero-order valence-corrected chi connectivity index (χ0v) is 15.2. The van der Waals surface area contributed by atoms with Crippen LogP contribution in [0.25, 0.3) is 0 Å². The van der Waals surface area contributed by atoms with E-state index in [2.05, 4.69) is 30.1 Å². The minimum atomic E-state index is -0.336. The predicted octanol–water partition coefficient (Wildman–Crippen LogP) is 0.477. The summed E-state index contributed by atoms with van der Waals surface area (Å²) >= 11 is 0. The Labute approximate surface area is 153 Å². The first-order valence-electron chi connectivity index (χ1n) is 8.76. The highest BCUT2D eigenvalue weighted by atomic mass is 16.3. The van der Waals surface area contributed by atoms with Crippen molar-refractivity contribution in [2.75, 3.05) is 37.4 Å². The number of aromatic nitrogens is 3. The van der Waals surface area contributed by atoms with Gasteiger partial charge in [0.2, 0.25) is 0 Å². The van der Waals surface area contributed by atoms with Crippen LogP contribution < -0.4 is 10.2 Å². The van der Waals surface area contributed by atoms with E-state index in [1.54, 1.807) is 6.07 Å². The van der Waals surface area contributed by atoms with Crippen molar-refractivity contribution < 1.29 is 10.2 Å². The Kier molecular flexibility index (Phi) is 5.97. The zero-order chi connectivity index (χ0) is 18.5. The molecule has 2 aromatic rings. The Morgan fingerprint density at radius 1 is 1.27 bits per heavy atom. The number of likely N-dealkylation sites (N-methyl/N-ethyl adjacent to an activating group) is 1. The third-order valence-corrected chi connectivity index (χ3v) is 4.39. The Hall–Kier alpha value is -2.29. The number of rotatable bonds is 7. The molecule has 8 heteroatoms. The topological polar surface area (TPSA) is 97.6 Å². The molecular weight excluding hydrogens is 332 g/mol. The van der Waals surface area contributed by atoms with Gasteiger partial charge in [0, 0.05) is 25.2 Å². The van der Waals surface area contributed by atoms with Crippen LogP contribution in [0.2, 0.25) is 0 Å². The lowest BCUT2D eigenvalue weighted by atomic mass is 10.2. The smallest absolute Gasteiger partial charge is 0.134 e. The highest BCUT2D eigenvalue weighted by Gasteiger charge is 2.32. The van der Waals surface area contributed by atoms with Gasteiger partial charge in [0.05, 0.1) is 30.6 Å². The molecule has 0 spiro atoms. The van der Waals surface area contributed by atoms with E-state index in [0.29, 0.717) is 24.6 Å². The van der Waals surface area contributed by atoms with Crippen molar-refractivity contribution >= 4 is 11.6 Å². The summed E-state index contributed by atoms with van der Waals surface area (Å²) in [4.78, 5) is 17.3. The van der Waals surface area contributed by atoms with E-state index >= 15 is 0 Å². The van der Waals surface area contributed by atoms with Gasteiger partial charge in [0.15, 0.2) is 0 Å². The molecule has 0 saturated carbocycles. The minimum Gasteiger partial charge on any atom is -0.391 e. The standard InChI is InChI=1S/C18H26N6O2/c1-23(2)9-15-6-16(26)10-24(15)18-7-17(20-12-21-18)19-8-13-4-3-5-14(11-25)22-13/h3-5,7,12,15-16,25-26H,6,8-11H2,1-2H3,(H,19,20,21)/t15-,16-/m1/s1. The van der Waals surface area contributed by atoms with Gasteiger partial charge in [0.1, 0.15) is 18.0 Å². The van der Waals surface area contributed by atoms with Crippen LogP contribution in [0.5, 0.6) is 0 Å². The summed E-state index contributed by atoms with van der Waals surface area (Å²) in [5.74, 6) is 1.51. The summed E-state index contributed by atoms with van der Waals surface area (Å²) in [5.41, 5.74) is 1.48. The first kappa shape index (κ1) is 18.5. The lowest BCUT2D eigenvalue weighted by molar-refractivity contribution is 0.191. The molecule has 1 aliphatic rings. The second-order valence-corrected chi connectivity index (χ2v) is 6.85. The number of pyridine rings is 1. The Morgan fingerprint density at radius 3 is 2.85 bits per heavy atom. The van der Waals surface area contributed by atoms with Gasteiger partial charge in [-0.1, -0.05) is 6.07 Å². The van der Waals surface area contributed by atoms with Crippen molar-refractivity contribution in [3.8, 4) is 0 Å². The fourth-order valence-electron chi connectivity index (χ4n) is 3.26. The number of β-amino-alcohol motifs (C(OH)–C–C–N with tert-alkyl or cyclic N) is 1. The predicted molar refractivity (Wildman–Crippen MR) is 99.8 cm³/mol. The highest BCUT2D eigenvalue weighted by molar-refractivity contribution is 5.50. The molecule has 0 aliphatic carbocycles. The fourth-order valence-corrected chi connectivity index (χ4v) is 3.26. The quantitative estimate of drug-likeness (QED) is 0.657. The Balaban J connectivity index is 1.69. The number of nitrogens with zero attached hydrogens (tertiary/aromatic N) is 5. The molecule has 2 aromatic heterocycles. The number of anilines is 2. The lowest BCUT2D eigenvalue weighted by Gasteiger charge is -2.27. The molecule has 1 saturated heterocycles. The summed E-state index contributed by atoms with van der Waals surface area (Å²) in [6.07, 6.45) is 1.94. The van der Waals surface area contributed by atoms with Crippen LogP contribution in [-0.4, -0.2) is 69.4 Å². The summed E-state index contributed by atoms with van der Waals surface area (Å²) in [6.45, 7) is 1.88. The molecule has 3 rings (SSSR count). The minimum absolute atomic E-state index is 0.0734. The molecule has 0 bridgehead atoms. The number of hydrogen-bond donors (Lipinski definition) is 3. The largest absolute Gasteiger partial charge is 0.391 e. The third-order valence-electron chi connectivity index (χ3n) is 4.39. The maximum absolute atomic E-state index is 10.1. The first-order valence-corrected chi connectivity index (χ1v) is 8.76. The van der Waals surface area contributed by atoms with E-state index in [1.165, 1.54) is 6.33 Å². The van der Waals surface area contributed by atoms with Crippen LogP contribution >= 0.6 is 0 Å². The maximum Gasteiger partial charge on any atom is 0.134 e. The van der Waals surface area contributed by atoms with Gasteiger partial charge in [-0.25, -0.2) is 9.97 Å². The van der Waals surface area contributed by atoms with Crippen molar-refractivity contribution in [1.29, 1.82) is 0 Å². The second-order valence-electron chi connectivity index (χ2n) is 6.85. The van der Waals surface area contributed by atoms with Gasteiger partial charge < -0.3 is 25.3 Å². The van der Waals surface area contributed by atoms with Crippen LogP contribution in [0.3, 0.4) is 0 Å². The fraction of sp³-hybridized carbons (Fsp3) is 0.500. The summed E-state index contributed by atoms with van der Waals surface area (Å²) < 4.78 is 0. The third kappa shape index (κ3) is 4.66. The van der Waals surface area contributed by atoms with E-state index < -0.39 is 0 Å². The first-order chi connectivity index (χ1) is 12.5. The highest BCUT2D eigenvalue weighted by Crippen LogP contribution is 2.25. The van der Waals surface area contributed by atoms with Crippen molar-refractivity contribution in [2.45, 2.75) is 31.7 Å². The van der Waals surface area contributed by atoms with E-state index in [9.17, 15) is 10.2 Å². The van der Waals surface area contributed by atoms with E-state index in [4.69, 9.17) is 0 Å². The summed E-state index contributed by atoms with van der Waals surface area (Å²) in [6, 6.07) is 7.69. The molecule has 1 fully saturated rings.